The Bertz CT molecular complexity index is 1310. The van der Waals surface area contributed by atoms with Crippen LogP contribution in [0.1, 0.15) is 23.6 Å². The van der Waals surface area contributed by atoms with Crippen molar-refractivity contribution in [1.82, 2.24) is 5.32 Å². The van der Waals surface area contributed by atoms with Crippen LogP contribution in [-0.2, 0) is 16.0 Å². The van der Waals surface area contributed by atoms with Crippen molar-refractivity contribution in [3.63, 3.8) is 0 Å². The van der Waals surface area contributed by atoms with Crippen LogP contribution in [0.4, 0.5) is 10.5 Å². The monoisotopic (exact) mass is 582 g/mol. The first-order valence-electron chi connectivity index (χ1n) is 10.5. The molecular weight excluding hydrogens is 564 g/mol. The fraction of sp³-hybridized carbons (Fsp3) is 0.115. The number of rotatable bonds is 6. The van der Waals surface area contributed by atoms with E-state index in [2.05, 4.69) is 37.2 Å². The number of hydrogen-bond donors (Lipinski definition) is 1. The van der Waals surface area contributed by atoms with Crippen molar-refractivity contribution < 1.29 is 19.1 Å². The molecule has 4 amide bonds. The number of anilines is 1. The molecule has 8 heteroatoms. The van der Waals surface area contributed by atoms with Crippen molar-refractivity contribution in [3.05, 3.63) is 97.9 Å². The first kappa shape index (κ1) is 23.9. The largest absolute Gasteiger partial charge is 0.494 e. The zero-order valence-corrected chi connectivity index (χ0v) is 21.4. The summed E-state index contributed by atoms with van der Waals surface area (Å²) in [4.78, 5) is 39.0. The zero-order chi connectivity index (χ0) is 24.2. The lowest BCUT2D eigenvalue weighted by molar-refractivity contribution is -0.122. The van der Waals surface area contributed by atoms with Gasteiger partial charge in [-0.3, -0.25) is 14.9 Å². The van der Waals surface area contributed by atoms with Crippen molar-refractivity contribution in [2.24, 2.45) is 0 Å². The molecule has 0 aliphatic carbocycles. The van der Waals surface area contributed by atoms with Gasteiger partial charge in [-0.1, -0.05) is 68.3 Å². The first-order chi connectivity index (χ1) is 16.4. The van der Waals surface area contributed by atoms with Crippen LogP contribution in [0.2, 0.25) is 0 Å². The zero-order valence-electron chi connectivity index (χ0n) is 18.2. The molecule has 1 fully saturated rings. The number of hydrogen-bond acceptors (Lipinski definition) is 4. The van der Waals surface area contributed by atoms with Crippen LogP contribution in [0.3, 0.4) is 0 Å². The maximum Gasteiger partial charge on any atom is 0.335 e. The second kappa shape index (κ2) is 10.4. The number of amides is 4. The molecule has 0 spiro atoms. The van der Waals surface area contributed by atoms with Crippen molar-refractivity contribution in [1.29, 1.82) is 0 Å². The van der Waals surface area contributed by atoms with Crippen LogP contribution in [0, 0.1) is 0 Å². The minimum atomic E-state index is -0.779. The van der Waals surface area contributed by atoms with Gasteiger partial charge in [-0.05, 0) is 54.5 Å². The average Bonchev–Trinajstić information content (AvgIpc) is 2.81. The van der Waals surface area contributed by atoms with Gasteiger partial charge in [0.2, 0.25) is 0 Å². The summed E-state index contributed by atoms with van der Waals surface area (Å²) in [7, 11) is 0. The van der Waals surface area contributed by atoms with Gasteiger partial charge in [-0.25, -0.2) is 9.69 Å². The Hall–Kier alpha value is -3.23. The van der Waals surface area contributed by atoms with Gasteiger partial charge < -0.3 is 4.74 Å². The van der Waals surface area contributed by atoms with E-state index >= 15 is 0 Å². The minimum absolute atomic E-state index is 0.142. The predicted octanol–water partition coefficient (Wildman–Crippen LogP) is 5.87. The van der Waals surface area contributed by atoms with Gasteiger partial charge in [0.1, 0.15) is 11.3 Å². The molecular formula is C26H20Br2N2O4. The number of urea groups is 1. The van der Waals surface area contributed by atoms with E-state index in [0.717, 1.165) is 25.0 Å². The number of barbiturate groups is 1. The molecule has 1 saturated heterocycles. The van der Waals surface area contributed by atoms with E-state index in [9.17, 15) is 14.4 Å². The Morgan fingerprint density at radius 1 is 0.941 bits per heavy atom. The van der Waals surface area contributed by atoms with Crippen LogP contribution >= 0.6 is 31.9 Å². The van der Waals surface area contributed by atoms with Gasteiger partial charge in [0, 0.05) is 20.9 Å². The topological polar surface area (TPSA) is 75.7 Å². The molecule has 0 unspecified atom stereocenters. The fourth-order valence-corrected chi connectivity index (χ4v) is 4.66. The molecule has 0 aromatic heterocycles. The molecule has 0 radical (unpaired) electrons. The Morgan fingerprint density at radius 3 is 2.35 bits per heavy atom. The van der Waals surface area contributed by atoms with Gasteiger partial charge in [0.05, 0.1) is 12.3 Å². The van der Waals surface area contributed by atoms with Crippen LogP contribution in [0.25, 0.3) is 6.08 Å². The third-order valence-corrected chi connectivity index (χ3v) is 6.71. The van der Waals surface area contributed by atoms with E-state index in [0.29, 0.717) is 30.0 Å². The Morgan fingerprint density at radius 2 is 1.65 bits per heavy atom. The second-order valence-electron chi connectivity index (χ2n) is 7.47. The molecule has 6 nitrogen and oxygen atoms in total. The van der Waals surface area contributed by atoms with Crippen molar-refractivity contribution >= 4 is 61.5 Å². The summed E-state index contributed by atoms with van der Waals surface area (Å²) in [6.45, 7) is 2.34. The van der Waals surface area contributed by atoms with Crippen molar-refractivity contribution in [2.45, 2.75) is 13.3 Å². The number of carbonyl (C=O) groups excluding carboxylic acids is 3. The van der Waals surface area contributed by atoms with Crippen LogP contribution in [0.5, 0.6) is 5.75 Å². The van der Waals surface area contributed by atoms with E-state index in [1.54, 1.807) is 36.4 Å². The predicted molar refractivity (Wildman–Crippen MR) is 138 cm³/mol. The highest BCUT2D eigenvalue weighted by Gasteiger charge is 2.36. The molecule has 1 aliphatic heterocycles. The molecule has 1 N–H and O–H groups in total. The summed E-state index contributed by atoms with van der Waals surface area (Å²) in [5, 5.41) is 2.24. The number of halogens is 2. The molecule has 0 saturated carbocycles. The van der Waals surface area contributed by atoms with Gasteiger partial charge >= 0.3 is 6.03 Å². The second-order valence-corrected chi connectivity index (χ2v) is 9.18. The lowest BCUT2D eigenvalue weighted by Crippen LogP contribution is -2.54. The van der Waals surface area contributed by atoms with Crippen LogP contribution in [-0.4, -0.2) is 24.5 Å². The Balaban J connectivity index is 1.73. The number of imide groups is 2. The highest BCUT2D eigenvalue weighted by atomic mass is 79.9. The normalized spacial score (nSPS) is 15.0. The van der Waals surface area contributed by atoms with Crippen molar-refractivity contribution in [3.8, 4) is 5.75 Å². The number of nitrogens with zero attached hydrogens (tertiary/aromatic N) is 1. The highest BCUT2D eigenvalue weighted by molar-refractivity contribution is 9.10. The molecule has 172 valence electrons. The molecule has 1 aliphatic rings. The standard InChI is InChI=1S/C26H20Br2N2O4/c1-2-34-23-14-16(13-22(28)19(23)15-17-8-6-7-11-21(17)27)12-20-24(31)29-26(33)30(25(20)32)18-9-4-3-5-10-18/h3-14H,2,15H2,1H3,(H,29,31,33)/b20-12+. The van der Waals surface area contributed by atoms with E-state index in [-0.39, 0.29) is 5.57 Å². The van der Waals surface area contributed by atoms with E-state index < -0.39 is 17.8 Å². The molecule has 4 rings (SSSR count). The van der Waals surface area contributed by atoms with Crippen molar-refractivity contribution in [2.75, 3.05) is 11.5 Å². The lowest BCUT2D eigenvalue weighted by Gasteiger charge is -2.26. The SMILES string of the molecule is CCOc1cc(/C=C2\C(=O)NC(=O)N(c3ccccc3)C2=O)cc(Br)c1Cc1ccccc1Br. The van der Waals surface area contributed by atoms with Gasteiger partial charge in [0.25, 0.3) is 11.8 Å². The number of ether oxygens (including phenoxy) is 1. The maximum absolute atomic E-state index is 13.1. The molecule has 0 atom stereocenters. The number of benzene rings is 3. The molecule has 3 aromatic rings. The lowest BCUT2D eigenvalue weighted by atomic mass is 10.0. The summed E-state index contributed by atoms with van der Waals surface area (Å²) in [6.07, 6.45) is 2.08. The minimum Gasteiger partial charge on any atom is -0.494 e. The quantitative estimate of drug-likeness (QED) is 0.291. The van der Waals surface area contributed by atoms with Gasteiger partial charge in [0.15, 0.2) is 0 Å². The fourth-order valence-electron chi connectivity index (χ4n) is 3.64. The van der Waals surface area contributed by atoms with E-state index in [4.69, 9.17) is 4.74 Å². The smallest absolute Gasteiger partial charge is 0.335 e. The third kappa shape index (κ3) is 4.98. The molecule has 0 bridgehead atoms. The maximum atomic E-state index is 13.1. The summed E-state index contributed by atoms with van der Waals surface area (Å²) in [6, 6.07) is 19.2. The molecule has 1 heterocycles. The highest BCUT2D eigenvalue weighted by Crippen LogP contribution is 2.34. The average molecular weight is 584 g/mol. The summed E-state index contributed by atoms with van der Waals surface area (Å²) < 4.78 is 7.67. The number of nitrogens with one attached hydrogen (secondary N) is 1. The van der Waals surface area contributed by atoms with E-state index in [1.807, 2.05) is 37.3 Å². The Labute approximate surface area is 213 Å². The Kier molecular flexibility index (Phi) is 7.29. The first-order valence-corrected chi connectivity index (χ1v) is 12.1. The van der Waals surface area contributed by atoms with Crippen LogP contribution < -0.4 is 15.0 Å². The molecule has 34 heavy (non-hydrogen) atoms. The van der Waals surface area contributed by atoms with Crippen LogP contribution in [0.15, 0.2) is 81.2 Å². The summed E-state index contributed by atoms with van der Waals surface area (Å²) in [5.74, 6) is -0.793. The number of carbonyl (C=O) groups is 3. The number of para-hydroxylation sites is 1. The summed E-state index contributed by atoms with van der Waals surface area (Å²) in [5.41, 5.74) is 2.86. The van der Waals surface area contributed by atoms with Gasteiger partial charge in [-0.15, -0.1) is 0 Å². The van der Waals surface area contributed by atoms with E-state index in [1.165, 1.54) is 6.08 Å². The third-order valence-electron chi connectivity index (χ3n) is 5.23. The van der Waals surface area contributed by atoms with Gasteiger partial charge in [-0.2, -0.15) is 0 Å². The molecule has 3 aromatic carbocycles. The summed E-state index contributed by atoms with van der Waals surface area (Å²) >= 11 is 7.21.